The monoisotopic (exact) mass is 318 g/mol. The number of nitrogens with one attached hydrogen (secondary N) is 1. The van der Waals surface area contributed by atoms with Gasteiger partial charge in [0.2, 0.25) is 5.82 Å². The normalized spacial score (nSPS) is 10.3. The number of ether oxygens (including phenoxy) is 2. The molecule has 1 aromatic heterocycles. The van der Waals surface area contributed by atoms with Crippen LogP contribution in [0.3, 0.4) is 0 Å². The number of nitrogens with zero attached hydrogens (tertiary/aromatic N) is 3. The molecule has 0 bridgehead atoms. The van der Waals surface area contributed by atoms with E-state index in [1.165, 1.54) is 6.33 Å². The van der Waals surface area contributed by atoms with Crippen molar-refractivity contribution in [2.24, 2.45) is 0 Å². The van der Waals surface area contributed by atoms with Crippen molar-refractivity contribution in [3.63, 3.8) is 0 Å². The van der Waals surface area contributed by atoms with Crippen molar-refractivity contribution in [2.75, 3.05) is 25.6 Å². The first-order chi connectivity index (χ1) is 11.2. The zero-order valence-electron chi connectivity index (χ0n) is 13.0. The third kappa shape index (κ3) is 4.36. The Morgan fingerprint density at radius 2 is 2.00 bits per heavy atom. The summed E-state index contributed by atoms with van der Waals surface area (Å²) in [5.74, 6) is 0.475. The number of anilines is 1. The summed E-state index contributed by atoms with van der Waals surface area (Å²) >= 11 is 0. The molecule has 0 spiro atoms. The molecule has 1 heterocycles. The van der Waals surface area contributed by atoms with Gasteiger partial charge in [-0.15, -0.1) is 0 Å². The summed E-state index contributed by atoms with van der Waals surface area (Å²) in [7, 11) is 1.55. The van der Waals surface area contributed by atoms with Crippen molar-refractivity contribution in [1.82, 2.24) is 9.97 Å². The molecule has 2 aromatic rings. The van der Waals surface area contributed by atoms with Crippen molar-refractivity contribution in [1.29, 1.82) is 0 Å². The molecule has 0 aliphatic carbocycles. The summed E-state index contributed by atoms with van der Waals surface area (Å²) in [6.07, 6.45) is 2.12. The maximum Gasteiger partial charge on any atom is 0.373 e. The second-order valence-electron chi connectivity index (χ2n) is 4.65. The number of rotatable bonds is 8. The van der Waals surface area contributed by atoms with E-state index in [1.807, 2.05) is 19.1 Å². The quantitative estimate of drug-likeness (QED) is 0.454. The molecule has 0 saturated heterocycles. The molecular formula is C15H18N4O4. The number of aromatic nitrogens is 2. The van der Waals surface area contributed by atoms with Crippen LogP contribution in [0.2, 0.25) is 0 Å². The van der Waals surface area contributed by atoms with E-state index in [2.05, 4.69) is 15.3 Å². The van der Waals surface area contributed by atoms with Crippen molar-refractivity contribution >= 4 is 11.5 Å². The Labute approximate surface area is 133 Å². The second kappa shape index (κ2) is 8.04. The van der Waals surface area contributed by atoms with Crippen LogP contribution in [-0.4, -0.2) is 35.2 Å². The summed E-state index contributed by atoms with van der Waals surface area (Å²) in [5.41, 5.74) is 0.847. The number of nitro groups is 1. The van der Waals surface area contributed by atoms with E-state index in [1.54, 1.807) is 19.2 Å². The molecule has 0 fully saturated rings. The minimum atomic E-state index is -0.565. The molecule has 2 rings (SSSR count). The molecule has 0 atom stereocenters. The Hall–Kier alpha value is -2.74. The van der Waals surface area contributed by atoms with Crippen molar-refractivity contribution in [3.05, 3.63) is 46.3 Å². The molecule has 1 aromatic carbocycles. The van der Waals surface area contributed by atoms with Crippen LogP contribution >= 0.6 is 0 Å². The van der Waals surface area contributed by atoms with Gasteiger partial charge in [-0.3, -0.25) is 10.1 Å². The average molecular weight is 318 g/mol. The molecule has 8 heteroatoms. The van der Waals surface area contributed by atoms with Gasteiger partial charge in [0, 0.05) is 13.7 Å². The SMILES string of the molecule is CCc1ccc(Oc2ncnc(NCCOC)c2[N+](=O)[O-])cc1. The number of hydrogen-bond donors (Lipinski definition) is 1. The zero-order chi connectivity index (χ0) is 16.7. The molecule has 0 radical (unpaired) electrons. The molecule has 23 heavy (non-hydrogen) atoms. The highest BCUT2D eigenvalue weighted by Crippen LogP contribution is 2.33. The van der Waals surface area contributed by atoms with Gasteiger partial charge in [-0.1, -0.05) is 19.1 Å². The van der Waals surface area contributed by atoms with Gasteiger partial charge in [0.05, 0.1) is 11.5 Å². The van der Waals surface area contributed by atoms with E-state index < -0.39 is 4.92 Å². The van der Waals surface area contributed by atoms with Crippen LogP contribution in [0.25, 0.3) is 0 Å². The first-order valence-electron chi connectivity index (χ1n) is 7.14. The summed E-state index contributed by atoms with van der Waals surface area (Å²) in [6, 6.07) is 7.31. The number of hydrogen-bond acceptors (Lipinski definition) is 7. The largest absolute Gasteiger partial charge is 0.434 e. The predicted octanol–water partition coefficient (Wildman–Crippen LogP) is 2.80. The topological polar surface area (TPSA) is 99.4 Å². The van der Waals surface area contributed by atoms with Gasteiger partial charge in [0.1, 0.15) is 12.1 Å². The van der Waals surface area contributed by atoms with Crippen LogP contribution in [0.5, 0.6) is 11.6 Å². The van der Waals surface area contributed by atoms with Crippen LogP contribution in [0.1, 0.15) is 12.5 Å². The molecule has 1 N–H and O–H groups in total. The fourth-order valence-corrected chi connectivity index (χ4v) is 1.91. The first-order valence-corrected chi connectivity index (χ1v) is 7.14. The number of methoxy groups -OCH3 is 1. The van der Waals surface area contributed by atoms with Gasteiger partial charge in [0.25, 0.3) is 0 Å². The first kappa shape index (κ1) is 16.6. The van der Waals surface area contributed by atoms with E-state index in [9.17, 15) is 10.1 Å². The molecule has 0 aliphatic rings. The third-order valence-corrected chi connectivity index (χ3v) is 3.12. The van der Waals surface area contributed by atoms with Crippen LogP contribution in [-0.2, 0) is 11.2 Å². The van der Waals surface area contributed by atoms with Gasteiger partial charge in [0.15, 0.2) is 0 Å². The van der Waals surface area contributed by atoms with Gasteiger partial charge in [-0.25, -0.2) is 4.98 Å². The Morgan fingerprint density at radius 1 is 1.26 bits per heavy atom. The standard InChI is InChI=1S/C15H18N4O4/c1-3-11-4-6-12(7-5-11)23-15-13(19(20)21)14(17-10-18-15)16-8-9-22-2/h4-7,10H,3,8-9H2,1-2H3,(H,16,17,18). The maximum atomic E-state index is 11.3. The molecule has 8 nitrogen and oxygen atoms in total. The Kier molecular flexibility index (Phi) is 5.81. The van der Waals surface area contributed by atoms with Crippen molar-refractivity contribution < 1.29 is 14.4 Å². The maximum absolute atomic E-state index is 11.3. The fraction of sp³-hybridized carbons (Fsp3) is 0.333. The molecule has 0 aliphatic heterocycles. The third-order valence-electron chi connectivity index (χ3n) is 3.12. The lowest BCUT2D eigenvalue weighted by molar-refractivity contribution is -0.385. The fourth-order valence-electron chi connectivity index (χ4n) is 1.91. The minimum absolute atomic E-state index is 0.0993. The molecule has 122 valence electrons. The van der Waals surface area contributed by atoms with Gasteiger partial charge in [-0.05, 0) is 24.1 Å². The van der Waals surface area contributed by atoms with Crippen molar-refractivity contribution in [3.8, 4) is 11.6 Å². The van der Waals surface area contributed by atoms with Gasteiger partial charge in [-0.2, -0.15) is 4.98 Å². The Morgan fingerprint density at radius 3 is 2.61 bits per heavy atom. The lowest BCUT2D eigenvalue weighted by Crippen LogP contribution is -2.11. The lowest BCUT2D eigenvalue weighted by atomic mass is 10.2. The van der Waals surface area contributed by atoms with E-state index in [0.717, 1.165) is 12.0 Å². The molecule has 0 saturated carbocycles. The minimum Gasteiger partial charge on any atom is -0.434 e. The van der Waals surface area contributed by atoms with E-state index in [-0.39, 0.29) is 17.4 Å². The van der Waals surface area contributed by atoms with Crippen LogP contribution in [0.15, 0.2) is 30.6 Å². The Balaban J connectivity index is 2.25. The summed E-state index contributed by atoms with van der Waals surface area (Å²) in [4.78, 5) is 18.6. The Bertz CT molecular complexity index is 661. The molecular weight excluding hydrogens is 300 g/mol. The summed E-state index contributed by atoms with van der Waals surface area (Å²) in [6.45, 7) is 2.83. The number of benzene rings is 1. The smallest absolute Gasteiger partial charge is 0.373 e. The molecule has 0 unspecified atom stereocenters. The average Bonchev–Trinajstić information content (AvgIpc) is 2.55. The van der Waals surface area contributed by atoms with Gasteiger partial charge < -0.3 is 14.8 Å². The second-order valence-corrected chi connectivity index (χ2v) is 4.65. The lowest BCUT2D eigenvalue weighted by Gasteiger charge is -2.09. The zero-order valence-corrected chi connectivity index (χ0v) is 13.0. The van der Waals surface area contributed by atoms with Crippen LogP contribution in [0.4, 0.5) is 11.5 Å². The van der Waals surface area contributed by atoms with Gasteiger partial charge >= 0.3 is 11.6 Å². The van der Waals surface area contributed by atoms with Crippen LogP contribution < -0.4 is 10.1 Å². The predicted molar refractivity (Wildman–Crippen MR) is 84.9 cm³/mol. The van der Waals surface area contributed by atoms with E-state index >= 15 is 0 Å². The summed E-state index contributed by atoms with van der Waals surface area (Å²) in [5, 5.41) is 14.2. The highest BCUT2D eigenvalue weighted by molar-refractivity contribution is 5.61. The highest BCUT2D eigenvalue weighted by atomic mass is 16.6. The summed E-state index contributed by atoms with van der Waals surface area (Å²) < 4.78 is 10.5. The molecule has 0 amide bonds. The number of aryl methyl sites for hydroxylation is 1. The highest BCUT2D eigenvalue weighted by Gasteiger charge is 2.24. The van der Waals surface area contributed by atoms with E-state index in [4.69, 9.17) is 9.47 Å². The van der Waals surface area contributed by atoms with E-state index in [0.29, 0.717) is 18.9 Å². The van der Waals surface area contributed by atoms with Crippen molar-refractivity contribution in [2.45, 2.75) is 13.3 Å². The van der Waals surface area contributed by atoms with Crippen LogP contribution in [0, 0.1) is 10.1 Å².